The summed E-state index contributed by atoms with van der Waals surface area (Å²) in [5.41, 5.74) is 7.37. The van der Waals surface area contributed by atoms with Crippen molar-refractivity contribution in [2.24, 2.45) is 18.7 Å². The summed E-state index contributed by atoms with van der Waals surface area (Å²) < 4.78 is 1.88. The van der Waals surface area contributed by atoms with Crippen molar-refractivity contribution >= 4 is 5.91 Å². The van der Waals surface area contributed by atoms with Gasteiger partial charge in [-0.2, -0.15) is 0 Å². The monoisotopic (exact) mass is 223 g/mol. The zero-order valence-corrected chi connectivity index (χ0v) is 10.4. The first-order valence-electron chi connectivity index (χ1n) is 5.60. The summed E-state index contributed by atoms with van der Waals surface area (Å²) in [6.45, 7) is 6.54. The van der Waals surface area contributed by atoms with Crippen LogP contribution in [-0.4, -0.2) is 23.1 Å². The van der Waals surface area contributed by atoms with Crippen LogP contribution in [0.15, 0.2) is 12.1 Å². The summed E-state index contributed by atoms with van der Waals surface area (Å²) in [4.78, 5) is 12.0. The lowest BCUT2D eigenvalue weighted by atomic mass is 10.0. The highest BCUT2D eigenvalue weighted by Gasteiger charge is 2.17. The van der Waals surface area contributed by atoms with Gasteiger partial charge in [0.05, 0.1) is 0 Å². The maximum absolute atomic E-state index is 12.0. The van der Waals surface area contributed by atoms with Gasteiger partial charge in [-0.1, -0.05) is 13.8 Å². The number of amides is 1. The number of carbonyl (C=O) groups is 1. The van der Waals surface area contributed by atoms with Crippen molar-refractivity contribution in [3.8, 4) is 0 Å². The molecule has 0 aliphatic heterocycles. The fraction of sp³-hybridized carbons (Fsp3) is 0.583. The summed E-state index contributed by atoms with van der Waals surface area (Å²) in [7, 11) is 1.89. The molecule has 1 aromatic heterocycles. The van der Waals surface area contributed by atoms with E-state index in [-0.39, 0.29) is 11.9 Å². The van der Waals surface area contributed by atoms with Gasteiger partial charge in [0.25, 0.3) is 5.91 Å². The fourth-order valence-electron chi connectivity index (χ4n) is 1.58. The topological polar surface area (TPSA) is 60.1 Å². The summed E-state index contributed by atoms with van der Waals surface area (Å²) in [6, 6.07) is 3.79. The summed E-state index contributed by atoms with van der Waals surface area (Å²) in [6.07, 6.45) is 0. The van der Waals surface area contributed by atoms with Gasteiger partial charge in [-0.05, 0) is 25.0 Å². The SMILES string of the molecule is Cc1ccc(C(=O)NC(CN)C(C)C)n1C. The molecule has 1 atom stereocenters. The molecule has 4 nitrogen and oxygen atoms in total. The molecule has 0 bridgehead atoms. The van der Waals surface area contributed by atoms with E-state index in [2.05, 4.69) is 5.32 Å². The Hall–Kier alpha value is -1.29. The predicted molar refractivity (Wildman–Crippen MR) is 65.3 cm³/mol. The van der Waals surface area contributed by atoms with Gasteiger partial charge < -0.3 is 15.6 Å². The minimum Gasteiger partial charge on any atom is -0.347 e. The van der Waals surface area contributed by atoms with Crippen LogP contribution in [0.5, 0.6) is 0 Å². The van der Waals surface area contributed by atoms with Crippen molar-refractivity contribution < 1.29 is 4.79 Å². The minimum atomic E-state index is -0.0558. The van der Waals surface area contributed by atoms with Crippen LogP contribution in [0.2, 0.25) is 0 Å². The molecule has 0 fully saturated rings. The Morgan fingerprint density at radius 1 is 1.50 bits per heavy atom. The smallest absolute Gasteiger partial charge is 0.268 e. The van der Waals surface area contributed by atoms with E-state index in [9.17, 15) is 4.79 Å². The van der Waals surface area contributed by atoms with E-state index in [0.717, 1.165) is 5.69 Å². The third-order valence-electron chi connectivity index (χ3n) is 2.98. The van der Waals surface area contributed by atoms with Gasteiger partial charge in [0.15, 0.2) is 0 Å². The molecule has 0 aromatic carbocycles. The number of carbonyl (C=O) groups excluding carboxylic acids is 1. The molecule has 1 heterocycles. The lowest BCUT2D eigenvalue weighted by molar-refractivity contribution is 0.0919. The van der Waals surface area contributed by atoms with E-state index in [4.69, 9.17) is 5.73 Å². The van der Waals surface area contributed by atoms with Gasteiger partial charge in [-0.25, -0.2) is 0 Å². The molecule has 16 heavy (non-hydrogen) atoms. The first kappa shape index (κ1) is 12.8. The van der Waals surface area contributed by atoms with Crippen LogP contribution >= 0.6 is 0 Å². The lowest BCUT2D eigenvalue weighted by Crippen LogP contribution is -2.44. The Morgan fingerprint density at radius 3 is 2.50 bits per heavy atom. The third kappa shape index (κ3) is 2.64. The van der Waals surface area contributed by atoms with Gasteiger partial charge in [0.1, 0.15) is 5.69 Å². The molecule has 0 saturated heterocycles. The number of nitrogens with two attached hydrogens (primary N) is 1. The second-order valence-corrected chi connectivity index (χ2v) is 4.48. The van der Waals surface area contributed by atoms with Crippen LogP contribution < -0.4 is 11.1 Å². The number of rotatable bonds is 4. The molecule has 1 amide bonds. The Bertz CT molecular complexity index is 368. The van der Waals surface area contributed by atoms with Crippen LogP contribution in [-0.2, 0) is 7.05 Å². The van der Waals surface area contributed by atoms with Crippen molar-refractivity contribution in [3.05, 3.63) is 23.5 Å². The highest BCUT2D eigenvalue weighted by molar-refractivity contribution is 5.93. The highest BCUT2D eigenvalue weighted by Crippen LogP contribution is 2.07. The first-order valence-corrected chi connectivity index (χ1v) is 5.60. The van der Waals surface area contributed by atoms with E-state index >= 15 is 0 Å². The summed E-state index contributed by atoms with van der Waals surface area (Å²) >= 11 is 0. The molecule has 1 unspecified atom stereocenters. The molecule has 0 aliphatic carbocycles. The zero-order valence-electron chi connectivity index (χ0n) is 10.4. The van der Waals surface area contributed by atoms with Crippen LogP contribution in [0.4, 0.5) is 0 Å². The van der Waals surface area contributed by atoms with Crippen molar-refractivity contribution in [2.75, 3.05) is 6.54 Å². The Balaban J connectivity index is 2.76. The van der Waals surface area contributed by atoms with Gasteiger partial charge >= 0.3 is 0 Å². The Kier molecular flexibility index (Phi) is 4.12. The zero-order chi connectivity index (χ0) is 12.3. The molecule has 3 N–H and O–H groups in total. The summed E-state index contributed by atoms with van der Waals surface area (Å²) in [5.74, 6) is 0.287. The second-order valence-electron chi connectivity index (χ2n) is 4.48. The molecule has 0 aliphatic rings. The number of hydrogen-bond acceptors (Lipinski definition) is 2. The van der Waals surface area contributed by atoms with Crippen molar-refractivity contribution in [3.63, 3.8) is 0 Å². The average molecular weight is 223 g/mol. The van der Waals surface area contributed by atoms with Crippen LogP contribution in [0.1, 0.15) is 30.0 Å². The van der Waals surface area contributed by atoms with Crippen LogP contribution in [0.25, 0.3) is 0 Å². The minimum absolute atomic E-state index is 0.0303. The molecule has 0 spiro atoms. The molecule has 1 rings (SSSR count). The normalized spacial score (nSPS) is 12.9. The van der Waals surface area contributed by atoms with Gasteiger partial charge in [0, 0.05) is 25.3 Å². The largest absolute Gasteiger partial charge is 0.347 e. The Morgan fingerprint density at radius 2 is 2.12 bits per heavy atom. The molecule has 90 valence electrons. The number of nitrogens with one attached hydrogen (secondary N) is 1. The molecule has 0 saturated carbocycles. The van der Waals surface area contributed by atoms with Crippen LogP contribution in [0, 0.1) is 12.8 Å². The summed E-state index contributed by atoms with van der Waals surface area (Å²) in [5, 5.41) is 2.95. The van der Waals surface area contributed by atoms with Crippen molar-refractivity contribution in [1.82, 2.24) is 9.88 Å². The predicted octanol–water partition coefficient (Wildman–Crippen LogP) is 1.05. The van der Waals surface area contributed by atoms with Gasteiger partial charge in [-0.15, -0.1) is 0 Å². The second kappa shape index (κ2) is 5.16. The van der Waals surface area contributed by atoms with Gasteiger partial charge in [-0.3, -0.25) is 4.79 Å². The van der Waals surface area contributed by atoms with Gasteiger partial charge in [0.2, 0.25) is 0 Å². The maximum atomic E-state index is 12.0. The Labute approximate surface area is 96.8 Å². The fourth-order valence-corrected chi connectivity index (χ4v) is 1.58. The highest BCUT2D eigenvalue weighted by atomic mass is 16.2. The standard InChI is InChI=1S/C12H21N3O/c1-8(2)10(7-13)14-12(16)11-6-5-9(3)15(11)4/h5-6,8,10H,7,13H2,1-4H3,(H,14,16). The molecule has 0 radical (unpaired) electrons. The van der Waals surface area contributed by atoms with E-state index in [0.29, 0.717) is 18.2 Å². The molecular weight excluding hydrogens is 202 g/mol. The molecule has 4 heteroatoms. The van der Waals surface area contributed by atoms with E-state index in [1.54, 1.807) is 0 Å². The quantitative estimate of drug-likeness (QED) is 0.801. The van der Waals surface area contributed by atoms with E-state index < -0.39 is 0 Å². The number of nitrogens with zero attached hydrogens (tertiary/aromatic N) is 1. The number of hydrogen-bond donors (Lipinski definition) is 2. The van der Waals surface area contributed by atoms with Crippen molar-refractivity contribution in [2.45, 2.75) is 26.8 Å². The average Bonchev–Trinajstić information content (AvgIpc) is 2.55. The van der Waals surface area contributed by atoms with E-state index in [1.165, 1.54) is 0 Å². The number of aryl methyl sites for hydroxylation is 1. The third-order valence-corrected chi connectivity index (χ3v) is 2.98. The van der Waals surface area contributed by atoms with Crippen LogP contribution in [0.3, 0.4) is 0 Å². The maximum Gasteiger partial charge on any atom is 0.268 e. The van der Waals surface area contributed by atoms with Crippen molar-refractivity contribution in [1.29, 1.82) is 0 Å². The lowest BCUT2D eigenvalue weighted by Gasteiger charge is -2.20. The first-order chi connectivity index (χ1) is 7.47. The van der Waals surface area contributed by atoms with E-state index in [1.807, 2.05) is 44.5 Å². The number of aromatic nitrogens is 1. The molecular formula is C12H21N3O. The molecule has 1 aromatic rings.